The molecule has 0 saturated carbocycles. The molecule has 160 valence electrons. The highest BCUT2D eigenvalue weighted by molar-refractivity contribution is 9.10. The summed E-state index contributed by atoms with van der Waals surface area (Å²) in [7, 11) is 0. The van der Waals surface area contributed by atoms with Crippen LogP contribution in [0.2, 0.25) is 0 Å². The summed E-state index contributed by atoms with van der Waals surface area (Å²) in [5.74, 6) is 0. The summed E-state index contributed by atoms with van der Waals surface area (Å²) in [5, 5.41) is 38.1. The summed E-state index contributed by atoms with van der Waals surface area (Å²) in [6.07, 6.45) is 0.313. The van der Waals surface area contributed by atoms with Crippen molar-refractivity contribution in [3.8, 4) is 11.4 Å². The van der Waals surface area contributed by atoms with E-state index in [0.29, 0.717) is 29.1 Å². The molecule has 12 heteroatoms. The van der Waals surface area contributed by atoms with Crippen molar-refractivity contribution in [2.75, 3.05) is 6.61 Å². The Morgan fingerprint density at radius 1 is 1.06 bits per heavy atom. The Labute approximate surface area is 184 Å². The third kappa shape index (κ3) is 3.62. The van der Waals surface area contributed by atoms with E-state index in [1.807, 2.05) is 24.3 Å². The average Bonchev–Trinajstić information content (AvgIpc) is 3.48. The van der Waals surface area contributed by atoms with E-state index in [0.717, 1.165) is 10.0 Å². The molecular weight excluding hydrogens is 470 g/mol. The minimum absolute atomic E-state index is 0.405. The van der Waals surface area contributed by atoms with Gasteiger partial charge in [-0.05, 0) is 17.7 Å². The lowest BCUT2D eigenvalue weighted by atomic mass is 10.1. The Balaban J connectivity index is 1.46. The van der Waals surface area contributed by atoms with E-state index in [-0.39, 0.29) is 0 Å². The molecule has 0 unspecified atom stereocenters. The summed E-state index contributed by atoms with van der Waals surface area (Å²) in [4.78, 5) is 12.9. The molecule has 0 amide bonds. The van der Waals surface area contributed by atoms with Crippen molar-refractivity contribution in [1.29, 1.82) is 0 Å². The van der Waals surface area contributed by atoms with Crippen molar-refractivity contribution in [3.63, 3.8) is 0 Å². The molecule has 1 saturated heterocycles. The lowest BCUT2D eigenvalue weighted by Crippen LogP contribution is -2.33. The van der Waals surface area contributed by atoms with E-state index in [2.05, 4.69) is 41.2 Å². The van der Waals surface area contributed by atoms with E-state index in [4.69, 9.17) is 4.74 Å². The summed E-state index contributed by atoms with van der Waals surface area (Å²) >= 11 is 3.42. The fourth-order valence-corrected chi connectivity index (χ4v) is 3.86. The highest BCUT2D eigenvalue weighted by Crippen LogP contribution is 2.32. The SMILES string of the molecule is OC[C@H]1O[C@@H](n2cnc3c(-c4cn(Cc5ccc(Br)cc5)nn4)ncnc32)[C@H](O)[C@@H]1O. The second kappa shape index (κ2) is 8.05. The average molecular weight is 488 g/mol. The molecule has 31 heavy (non-hydrogen) atoms. The van der Waals surface area contributed by atoms with E-state index >= 15 is 0 Å². The lowest BCUT2D eigenvalue weighted by Gasteiger charge is -2.16. The van der Waals surface area contributed by atoms with Crippen molar-refractivity contribution in [2.45, 2.75) is 31.1 Å². The second-order valence-corrected chi connectivity index (χ2v) is 8.12. The van der Waals surface area contributed by atoms with Crippen LogP contribution in [0.25, 0.3) is 22.6 Å². The van der Waals surface area contributed by atoms with Gasteiger partial charge < -0.3 is 20.1 Å². The fourth-order valence-electron chi connectivity index (χ4n) is 3.60. The number of nitrogens with zero attached hydrogens (tertiary/aromatic N) is 7. The highest BCUT2D eigenvalue weighted by Gasteiger charge is 2.44. The number of hydrogen-bond acceptors (Lipinski definition) is 9. The van der Waals surface area contributed by atoms with Gasteiger partial charge in [-0.15, -0.1) is 5.10 Å². The zero-order valence-electron chi connectivity index (χ0n) is 16.0. The van der Waals surface area contributed by atoms with Crippen LogP contribution >= 0.6 is 15.9 Å². The Morgan fingerprint density at radius 3 is 2.61 bits per heavy atom. The van der Waals surface area contributed by atoms with Crippen LogP contribution in [0.4, 0.5) is 0 Å². The molecule has 4 aromatic rings. The third-order valence-electron chi connectivity index (χ3n) is 5.19. The first-order chi connectivity index (χ1) is 15.0. The highest BCUT2D eigenvalue weighted by atomic mass is 79.9. The van der Waals surface area contributed by atoms with Gasteiger partial charge in [0.25, 0.3) is 0 Å². The maximum Gasteiger partial charge on any atom is 0.166 e. The molecule has 5 rings (SSSR count). The first kappa shape index (κ1) is 20.2. The number of ether oxygens (including phenoxy) is 1. The van der Waals surface area contributed by atoms with Crippen molar-refractivity contribution < 1.29 is 20.1 Å². The summed E-state index contributed by atoms with van der Waals surface area (Å²) in [6.45, 7) is 0.133. The zero-order chi connectivity index (χ0) is 21.5. The zero-order valence-corrected chi connectivity index (χ0v) is 17.6. The van der Waals surface area contributed by atoms with Crippen LogP contribution in [0.15, 0.2) is 47.6 Å². The molecule has 1 aromatic carbocycles. The van der Waals surface area contributed by atoms with Gasteiger partial charge >= 0.3 is 0 Å². The number of imidazole rings is 1. The van der Waals surface area contributed by atoms with E-state index in [1.54, 1.807) is 10.9 Å². The molecule has 4 atom stereocenters. The molecule has 4 heterocycles. The molecule has 0 aliphatic carbocycles. The molecule has 0 bridgehead atoms. The molecule has 3 aromatic heterocycles. The summed E-state index contributed by atoms with van der Waals surface area (Å²) in [6, 6.07) is 7.92. The number of benzene rings is 1. The Hall–Kier alpha value is -2.77. The third-order valence-corrected chi connectivity index (χ3v) is 5.72. The minimum atomic E-state index is -1.24. The molecule has 1 aliphatic rings. The van der Waals surface area contributed by atoms with Crippen LogP contribution in [0, 0.1) is 0 Å². The number of halogens is 1. The predicted octanol–water partition coefficient (Wildman–Crippen LogP) is 0.507. The van der Waals surface area contributed by atoms with Crippen LogP contribution < -0.4 is 0 Å². The number of rotatable bonds is 5. The van der Waals surface area contributed by atoms with Gasteiger partial charge in [-0.3, -0.25) is 4.57 Å². The predicted molar refractivity (Wildman–Crippen MR) is 111 cm³/mol. The molecule has 11 nitrogen and oxygen atoms in total. The van der Waals surface area contributed by atoms with Gasteiger partial charge in [-0.1, -0.05) is 33.3 Å². The first-order valence-electron chi connectivity index (χ1n) is 9.50. The monoisotopic (exact) mass is 487 g/mol. The quantitative estimate of drug-likeness (QED) is 0.366. The first-order valence-corrected chi connectivity index (χ1v) is 10.3. The molecule has 3 N–H and O–H groups in total. The smallest absolute Gasteiger partial charge is 0.166 e. The van der Waals surface area contributed by atoms with Gasteiger partial charge in [-0.2, -0.15) is 0 Å². The van der Waals surface area contributed by atoms with Gasteiger partial charge in [0.05, 0.1) is 25.7 Å². The van der Waals surface area contributed by atoms with Gasteiger partial charge in [0.1, 0.15) is 41.5 Å². The van der Waals surface area contributed by atoms with E-state index in [1.165, 1.54) is 17.2 Å². The number of fused-ring (bicyclic) bond motifs is 1. The Morgan fingerprint density at radius 2 is 1.87 bits per heavy atom. The number of aromatic nitrogens is 7. The van der Waals surface area contributed by atoms with Crippen LogP contribution in [0.5, 0.6) is 0 Å². The number of aliphatic hydroxyl groups is 3. The topological polar surface area (TPSA) is 144 Å². The van der Waals surface area contributed by atoms with Crippen molar-refractivity contribution in [3.05, 3.63) is 53.2 Å². The summed E-state index contributed by atoms with van der Waals surface area (Å²) in [5.41, 5.74) is 2.94. The van der Waals surface area contributed by atoms with Crippen LogP contribution in [-0.4, -0.2) is 74.8 Å². The molecule has 1 fully saturated rings. The number of aliphatic hydroxyl groups excluding tert-OH is 3. The molecule has 1 aliphatic heterocycles. The van der Waals surface area contributed by atoms with Gasteiger partial charge in [0.15, 0.2) is 11.9 Å². The summed E-state index contributed by atoms with van der Waals surface area (Å²) < 4.78 is 9.81. The Kier molecular flexibility index (Phi) is 5.24. The van der Waals surface area contributed by atoms with E-state index in [9.17, 15) is 15.3 Å². The van der Waals surface area contributed by atoms with Crippen LogP contribution in [-0.2, 0) is 11.3 Å². The lowest BCUT2D eigenvalue weighted by molar-refractivity contribution is -0.0511. The number of hydrogen-bond donors (Lipinski definition) is 3. The second-order valence-electron chi connectivity index (χ2n) is 7.20. The van der Waals surface area contributed by atoms with Gasteiger partial charge in [0.2, 0.25) is 0 Å². The Bertz CT molecular complexity index is 1210. The molecule has 0 spiro atoms. The molecule has 0 radical (unpaired) electrons. The standard InChI is InChI=1S/C19H18BrN7O4/c20-11-3-1-10(2-4-11)5-26-6-12(24-25-26)14-15-18(22-8-21-14)27(9-23-15)19-17(30)16(29)13(7-28)31-19/h1-4,6,8-9,13,16-17,19,28-30H,5,7H2/t13-,16-,17-,19-/m1/s1. The largest absolute Gasteiger partial charge is 0.394 e. The van der Waals surface area contributed by atoms with Gasteiger partial charge in [0, 0.05) is 4.47 Å². The van der Waals surface area contributed by atoms with Crippen LogP contribution in [0.3, 0.4) is 0 Å². The van der Waals surface area contributed by atoms with Gasteiger partial charge in [-0.25, -0.2) is 19.6 Å². The van der Waals surface area contributed by atoms with E-state index < -0.39 is 31.1 Å². The maximum atomic E-state index is 10.3. The van der Waals surface area contributed by atoms with Crippen molar-refractivity contribution >= 4 is 27.1 Å². The normalized spacial score (nSPS) is 23.6. The van der Waals surface area contributed by atoms with Crippen molar-refractivity contribution in [1.82, 2.24) is 34.5 Å². The minimum Gasteiger partial charge on any atom is -0.394 e. The molecular formula is C19H18BrN7O4. The van der Waals surface area contributed by atoms with Crippen LogP contribution in [0.1, 0.15) is 11.8 Å². The fraction of sp³-hybridized carbons (Fsp3) is 0.316. The van der Waals surface area contributed by atoms with Crippen molar-refractivity contribution in [2.24, 2.45) is 0 Å². The maximum absolute atomic E-state index is 10.3.